The van der Waals surface area contributed by atoms with E-state index in [-0.39, 0.29) is 23.7 Å². The summed E-state index contributed by atoms with van der Waals surface area (Å²) in [5.41, 5.74) is 0.160. The van der Waals surface area contributed by atoms with Gasteiger partial charge in [0, 0.05) is 12.1 Å². The Morgan fingerprint density at radius 2 is 2.08 bits per heavy atom. The summed E-state index contributed by atoms with van der Waals surface area (Å²) in [4.78, 5) is 25.1. The number of nitro groups is 1. The molecule has 0 spiro atoms. The van der Waals surface area contributed by atoms with Gasteiger partial charge in [-0.05, 0) is 50.0 Å². The maximum absolute atomic E-state index is 13.0. The van der Waals surface area contributed by atoms with Crippen LogP contribution in [0.2, 0.25) is 0 Å². The third kappa shape index (κ3) is 3.65. The third-order valence-electron chi connectivity index (χ3n) is 4.63. The molecule has 2 heterocycles. The molecule has 136 valence electrons. The molecule has 2 fully saturated rings. The molecular weight excluding hydrogens is 344 g/mol. The van der Waals surface area contributed by atoms with Gasteiger partial charge in [0.25, 0.3) is 11.6 Å². The van der Waals surface area contributed by atoms with Crippen molar-refractivity contribution in [1.29, 1.82) is 0 Å². The molecule has 0 bridgehead atoms. The van der Waals surface area contributed by atoms with Crippen LogP contribution in [0.3, 0.4) is 0 Å². The van der Waals surface area contributed by atoms with Gasteiger partial charge in [-0.15, -0.1) is 0 Å². The Kier molecular flexibility index (Phi) is 5.04. The largest absolute Gasteiger partial charge is 0.354 e. The van der Waals surface area contributed by atoms with E-state index >= 15 is 0 Å². The summed E-state index contributed by atoms with van der Waals surface area (Å²) in [5.74, 6) is 0.891. The topological polar surface area (TPSA) is 85.2 Å². The molecule has 1 aromatic rings. The van der Waals surface area contributed by atoms with Crippen molar-refractivity contribution in [3.63, 3.8) is 0 Å². The van der Waals surface area contributed by atoms with E-state index in [0.29, 0.717) is 6.61 Å². The Labute approximate surface area is 150 Å². The molecule has 3 rings (SSSR count). The molecule has 0 aliphatic carbocycles. The van der Waals surface area contributed by atoms with Gasteiger partial charge >= 0.3 is 0 Å². The highest BCUT2D eigenvalue weighted by atomic mass is 32.2. The summed E-state index contributed by atoms with van der Waals surface area (Å²) in [7, 11) is 0. The number of nitro benzene ring substituents is 1. The summed E-state index contributed by atoms with van der Waals surface area (Å²) < 4.78 is 11.4. The van der Waals surface area contributed by atoms with Crippen molar-refractivity contribution in [2.24, 2.45) is 0 Å². The molecule has 1 amide bonds. The lowest BCUT2D eigenvalue weighted by atomic mass is 10.1. The predicted molar refractivity (Wildman–Crippen MR) is 94.4 cm³/mol. The molecule has 8 heteroatoms. The second kappa shape index (κ2) is 6.93. The van der Waals surface area contributed by atoms with Crippen LogP contribution in [0, 0.1) is 10.1 Å². The fourth-order valence-electron chi connectivity index (χ4n) is 3.27. The van der Waals surface area contributed by atoms with Gasteiger partial charge in [-0.1, -0.05) is 0 Å². The van der Waals surface area contributed by atoms with E-state index in [1.165, 1.54) is 12.1 Å². The van der Waals surface area contributed by atoms with Gasteiger partial charge in [0.2, 0.25) is 0 Å². The number of carbonyl (C=O) groups is 1. The fraction of sp³-hybridized carbons (Fsp3) is 0.588. The number of hydrogen-bond donors (Lipinski definition) is 0. The van der Waals surface area contributed by atoms with Crippen molar-refractivity contribution in [2.45, 2.75) is 44.2 Å². The normalized spacial score (nSPS) is 27.3. The van der Waals surface area contributed by atoms with Gasteiger partial charge in [-0.25, -0.2) is 0 Å². The van der Waals surface area contributed by atoms with E-state index in [1.54, 1.807) is 28.8 Å². The summed E-state index contributed by atoms with van der Waals surface area (Å²) in [6.45, 7) is 4.33. The number of hydrogen-bond acceptors (Lipinski definition) is 6. The quantitative estimate of drug-likeness (QED) is 0.437. The first-order valence-corrected chi connectivity index (χ1v) is 9.60. The van der Waals surface area contributed by atoms with Crippen molar-refractivity contribution in [1.82, 2.24) is 4.90 Å². The van der Waals surface area contributed by atoms with Crippen LogP contribution in [0.25, 0.3) is 0 Å². The molecule has 7 nitrogen and oxygen atoms in total. The average Bonchev–Trinajstić information content (AvgIpc) is 3.31. The summed E-state index contributed by atoms with van der Waals surface area (Å²) in [6.07, 6.45) is 2.04. The molecule has 1 aromatic carbocycles. The maximum atomic E-state index is 13.0. The van der Waals surface area contributed by atoms with Crippen LogP contribution < -0.4 is 0 Å². The molecule has 2 saturated heterocycles. The molecule has 3 atom stereocenters. The van der Waals surface area contributed by atoms with Crippen molar-refractivity contribution < 1.29 is 19.2 Å². The number of epoxide rings is 1. The van der Waals surface area contributed by atoms with Crippen LogP contribution >= 0.6 is 11.8 Å². The van der Waals surface area contributed by atoms with E-state index in [4.69, 9.17) is 9.47 Å². The molecule has 0 radical (unpaired) electrons. The first-order chi connectivity index (χ1) is 11.8. The van der Waals surface area contributed by atoms with Crippen LogP contribution in [-0.2, 0) is 14.3 Å². The van der Waals surface area contributed by atoms with Gasteiger partial charge in [-0.2, -0.15) is 11.8 Å². The molecule has 2 aliphatic rings. The fourth-order valence-corrected chi connectivity index (χ4v) is 3.78. The number of rotatable bonds is 6. The van der Waals surface area contributed by atoms with E-state index in [9.17, 15) is 14.9 Å². The molecular formula is C17H22N2O5S. The first-order valence-electron chi connectivity index (χ1n) is 8.21. The lowest BCUT2D eigenvalue weighted by Crippen LogP contribution is -2.50. The zero-order valence-electron chi connectivity index (χ0n) is 14.5. The molecule has 0 saturated carbocycles. The standard InChI is InChI=1S/C17H22N2O5S/c1-17(2)18(13(10-23-17)8-9-25-3)16(20)15-14(24-15)11-4-6-12(7-5-11)19(21)22/h4-7,13-15H,8-10H2,1-3H3/t13-,14+,15-/m0/s1. The number of thioether (sulfide) groups is 1. The van der Waals surface area contributed by atoms with Crippen molar-refractivity contribution in [3.05, 3.63) is 39.9 Å². The van der Waals surface area contributed by atoms with Crippen LogP contribution in [0.15, 0.2) is 24.3 Å². The molecule has 0 unspecified atom stereocenters. The zero-order chi connectivity index (χ0) is 18.2. The molecule has 0 aromatic heterocycles. The van der Waals surface area contributed by atoms with Crippen molar-refractivity contribution >= 4 is 23.4 Å². The van der Waals surface area contributed by atoms with Gasteiger partial charge in [0.1, 0.15) is 11.8 Å². The highest BCUT2D eigenvalue weighted by molar-refractivity contribution is 7.98. The molecule has 2 aliphatic heterocycles. The number of non-ortho nitro benzene ring substituents is 1. The number of carbonyl (C=O) groups excluding carboxylic acids is 1. The minimum Gasteiger partial charge on any atom is -0.354 e. The third-order valence-corrected chi connectivity index (χ3v) is 5.28. The van der Waals surface area contributed by atoms with E-state index in [0.717, 1.165) is 17.7 Å². The smallest absolute Gasteiger partial charge is 0.269 e. The van der Waals surface area contributed by atoms with Crippen LogP contribution in [-0.4, -0.2) is 52.2 Å². The van der Waals surface area contributed by atoms with Crippen LogP contribution in [0.4, 0.5) is 5.69 Å². The van der Waals surface area contributed by atoms with E-state index in [1.807, 2.05) is 20.1 Å². The van der Waals surface area contributed by atoms with Crippen molar-refractivity contribution in [2.75, 3.05) is 18.6 Å². The monoisotopic (exact) mass is 366 g/mol. The molecule has 0 N–H and O–H groups in total. The number of amides is 1. The maximum Gasteiger partial charge on any atom is 0.269 e. The minimum atomic E-state index is -0.647. The summed E-state index contributed by atoms with van der Waals surface area (Å²) in [6, 6.07) is 6.21. The Morgan fingerprint density at radius 3 is 2.68 bits per heavy atom. The second-order valence-electron chi connectivity index (χ2n) is 6.73. The number of nitrogens with zero attached hydrogens (tertiary/aromatic N) is 2. The summed E-state index contributed by atoms with van der Waals surface area (Å²) in [5, 5.41) is 10.7. The Balaban J connectivity index is 1.69. The Bertz CT molecular complexity index is 664. The van der Waals surface area contributed by atoms with Gasteiger partial charge in [0.15, 0.2) is 6.10 Å². The van der Waals surface area contributed by atoms with Crippen molar-refractivity contribution in [3.8, 4) is 0 Å². The zero-order valence-corrected chi connectivity index (χ0v) is 15.3. The highest BCUT2D eigenvalue weighted by Crippen LogP contribution is 2.43. The highest BCUT2D eigenvalue weighted by Gasteiger charge is 2.54. The number of benzene rings is 1. The summed E-state index contributed by atoms with van der Waals surface area (Å²) >= 11 is 1.75. The Morgan fingerprint density at radius 1 is 1.40 bits per heavy atom. The van der Waals surface area contributed by atoms with Gasteiger partial charge < -0.3 is 14.4 Å². The second-order valence-corrected chi connectivity index (χ2v) is 7.71. The molecule has 25 heavy (non-hydrogen) atoms. The van der Waals surface area contributed by atoms with Gasteiger partial charge in [0.05, 0.1) is 17.6 Å². The lowest BCUT2D eigenvalue weighted by Gasteiger charge is -2.33. The van der Waals surface area contributed by atoms with Crippen LogP contribution in [0.1, 0.15) is 31.9 Å². The predicted octanol–water partition coefficient (Wildman–Crippen LogP) is 2.75. The first kappa shape index (κ1) is 18.2. The van der Waals surface area contributed by atoms with Crippen LogP contribution in [0.5, 0.6) is 0 Å². The van der Waals surface area contributed by atoms with E-state index < -0.39 is 16.8 Å². The Hall–Kier alpha value is -1.64. The average molecular weight is 366 g/mol. The van der Waals surface area contributed by atoms with E-state index in [2.05, 4.69) is 0 Å². The number of ether oxygens (including phenoxy) is 2. The SMILES string of the molecule is CSCC[C@H]1COC(C)(C)N1C(=O)[C@H]1O[C@@H]1c1ccc([N+](=O)[O-])cc1. The van der Waals surface area contributed by atoms with Gasteiger partial charge in [-0.3, -0.25) is 14.9 Å². The minimum absolute atomic E-state index is 0.0264. The lowest BCUT2D eigenvalue weighted by molar-refractivity contribution is -0.384.